The minimum absolute atomic E-state index is 0.0327. The molecule has 152 valence electrons. The Bertz CT molecular complexity index is 1210. The highest BCUT2D eigenvalue weighted by molar-refractivity contribution is 5.96. The molecule has 0 amide bonds. The summed E-state index contributed by atoms with van der Waals surface area (Å²) in [5.41, 5.74) is -4.35. The molecule has 29 heavy (non-hydrogen) atoms. The summed E-state index contributed by atoms with van der Waals surface area (Å²) in [7, 11) is 0. The summed E-state index contributed by atoms with van der Waals surface area (Å²) in [5, 5.41) is 6.27. The fourth-order valence-corrected chi connectivity index (χ4v) is 2.84. The van der Waals surface area contributed by atoms with Gasteiger partial charge in [0.15, 0.2) is 0 Å². The van der Waals surface area contributed by atoms with E-state index < -0.39 is 40.4 Å². The predicted molar refractivity (Wildman–Crippen MR) is 80.9 cm³/mol. The maximum absolute atomic E-state index is 14.0. The largest absolute Gasteiger partial charge is 0.458 e. The lowest BCUT2D eigenvalue weighted by Gasteiger charge is -2.22. The van der Waals surface area contributed by atoms with Crippen LogP contribution in [0.25, 0.3) is 27.9 Å². The van der Waals surface area contributed by atoms with E-state index in [2.05, 4.69) is 15.2 Å². The molecule has 0 aliphatic rings. The first-order valence-electron chi connectivity index (χ1n) is 7.64. The van der Waals surface area contributed by atoms with Crippen LogP contribution >= 0.6 is 0 Å². The molecule has 0 saturated carbocycles. The zero-order chi connectivity index (χ0) is 21.2. The van der Waals surface area contributed by atoms with Gasteiger partial charge in [-0.25, -0.2) is 4.98 Å². The molecule has 0 spiro atoms. The van der Waals surface area contributed by atoms with Crippen LogP contribution in [-0.4, -0.2) is 25.8 Å². The summed E-state index contributed by atoms with van der Waals surface area (Å²) < 4.78 is 112. The van der Waals surface area contributed by atoms with Gasteiger partial charge in [0.1, 0.15) is 5.69 Å². The van der Waals surface area contributed by atoms with E-state index in [1.807, 2.05) is 0 Å². The van der Waals surface area contributed by atoms with Gasteiger partial charge in [0, 0.05) is 23.3 Å². The maximum atomic E-state index is 14.0. The molecule has 0 fully saturated rings. The molecule has 4 aromatic heterocycles. The molecule has 4 heterocycles. The molecule has 0 bridgehead atoms. The number of aromatic nitrogens is 4. The number of hydrogen-bond acceptors (Lipinski definition) is 4. The SMILES string of the molecule is FC(F)(F)c1cc(C(F)(F)C(F)(F)F)c2ccn3cc(-c4nnco4)cc3c2n1. The van der Waals surface area contributed by atoms with E-state index in [-0.39, 0.29) is 23.0 Å². The van der Waals surface area contributed by atoms with Crippen molar-refractivity contribution in [2.24, 2.45) is 0 Å². The molecular formula is C16H6F8N4O. The van der Waals surface area contributed by atoms with Crippen molar-refractivity contribution in [3.05, 3.63) is 48.2 Å². The Labute approximate surface area is 154 Å². The first-order chi connectivity index (χ1) is 13.4. The van der Waals surface area contributed by atoms with Crippen molar-refractivity contribution in [1.29, 1.82) is 0 Å². The van der Waals surface area contributed by atoms with E-state index in [1.165, 1.54) is 16.7 Å². The Balaban J connectivity index is 2.09. The van der Waals surface area contributed by atoms with Crippen LogP contribution in [0.4, 0.5) is 35.1 Å². The molecule has 0 aliphatic carbocycles. The summed E-state index contributed by atoms with van der Waals surface area (Å²) in [6.45, 7) is 0. The van der Waals surface area contributed by atoms with E-state index in [1.54, 1.807) is 0 Å². The molecule has 0 aromatic carbocycles. The van der Waals surface area contributed by atoms with Crippen LogP contribution < -0.4 is 0 Å². The topological polar surface area (TPSA) is 56.2 Å². The minimum atomic E-state index is -6.10. The van der Waals surface area contributed by atoms with Crippen LogP contribution in [0.15, 0.2) is 41.4 Å². The maximum Gasteiger partial charge on any atom is 0.458 e. The van der Waals surface area contributed by atoms with E-state index >= 15 is 0 Å². The number of rotatable bonds is 2. The third-order valence-electron chi connectivity index (χ3n) is 4.14. The molecule has 0 aliphatic heterocycles. The second kappa shape index (κ2) is 5.87. The van der Waals surface area contributed by atoms with Crippen molar-refractivity contribution in [3.8, 4) is 11.5 Å². The van der Waals surface area contributed by atoms with Crippen molar-refractivity contribution in [1.82, 2.24) is 19.6 Å². The van der Waals surface area contributed by atoms with Gasteiger partial charge >= 0.3 is 18.3 Å². The van der Waals surface area contributed by atoms with Gasteiger partial charge in [-0.3, -0.25) is 0 Å². The van der Waals surface area contributed by atoms with E-state index in [0.717, 1.165) is 18.7 Å². The number of alkyl halides is 8. The van der Waals surface area contributed by atoms with Crippen molar-refractivity contribution >= 4 is 16.4 Å². The summed E-state index contributed by atoms with van der Waals surface area (Å²) in [4.78, 5) is 3.31. The molecule has 5 nitrogen and oxygen atoms in total. The second-order valence-electron chi connectivity index (χ2n) is 5.97. The number of hydrogen-bond donors (Lipinski definition) is 0. The number of nitrogens with zero attached hydrogens (tertiary/aromatic N) is 4. The highest BCUT2D eigenvalue weighted by Crippen LogP contribution is 2.47. The highest BCUT2D eigenvalue weighted by Gasteiger charge is 2.60. The molecule has 4 rings (SSSR count). The molecule has 13 heteroatoms. The molecule has 0 unspecified atom stereocenters. The quantitative estimate of drug-likeness (QED) is 0.416. The van der Waals surface area contributed by atoms with Gasteiger partial charge in [-0.1, -0.05) is 0 Å². The smallest absolute Gasteiger partial charge is 0.423 e. The Morgan fingerprint density at radius 2 is 1.69 bits per heavy atom. The van der Waals surface area contributed by atoms with Crippen molar-refractivity contribution < 1.29 is 39.5 Å². The zero-order valence-electron chi connectivity index (χ0n) is 13.7. The van der Waals surface area contributed by atoms with Crippen LogP contribution in [-0.2, 0) is 12.1 Å². The fraction of sp³-hybridized carbons (Fsp3) is 0.188. The normalized spacial score (nSPS) is 13.5. The number of fused-ring (bicyclic) bond motifs is 3. The van der Waals surface area contributed by atoms with E-state index in [4.69, 9.17) is 4.42 Å². The number of pyridine rings is 2. The van der Waals surface area contributed by atoms with Gasteiger partial charge < -0.3 is 8.82 Å². The lowest BCUT2D eigenvalue weighted by atomic mass is 10.0. The zero-order valence-corrected chi connectivity index (χ0v) is 13.7. The highest BCUT2D eigenvalue weighted by atomic mass is 19.4. The molecule has 0 N–H and O–H groups in total. The van der Waals surface area contributed by atoms with Gasteiger partial charge in [0.2, 0.25) is 12.3 Å². The van der Waals surface area contributed by atoms with Crippen LogP contribution in [0.2, 0.25) is 0 Å². The van der Waals surface area contributed by atoms with Gasteiger partial charge in [-0.05, 0) is 18.2 Å². The first kappa shape index (κ1) is 19.1. The monoisotopic (exact) mass is 422 g/mol. The third kappa shape index (κ3) is 2.96. The molecule has 0 saturated heterocycles. The Morgan fingerprint density at radius 1 is 0.966 bits per heavy atom. The summed E-state index contributed by atoms with van der Waals surface area (Å²) >= 11 is 0. The Kier molecular flexibility index (Phi) is 3.87. The predicted octanol–water partition coefficient (Wildman–Crippen LogP) is 5.21. The standard InChI is InChI=1S/C16H6F8N4O/c17-14(18,16(22,23)24)9-4-11(15(19,20)21)26-12-8(9)1-2-28-5-7(3-10(12)28)13-27-25-6-29-13/h1-6H. The van der Waals surface area contributed by atoms with Crippen LogP contribution in [0.5, 0.6) is 0 Å². The van der Waals surface area contributed by atoms with Crippen LogP contribution in [0.3, 0.4) is 0 Å². The third-order valence-corrected chi connectivity index (χ3v) is 4.14. The molecule has 4 aromatic rings. The van der Waals surface area contributed by atoms with Gasteiger partial charge in [-0.2, -0.15) is 35.1 Å². The molecule has 0 radical (unpaired) electrons. The lowest BCUT2D eigenvalue weighted by molar-refractivity contribution is -0.288. The van der Waals surface area contributed by atoms with E-state index in [0.29, 0.717) is 0 Å². The minimum Gasteiger partial charge on any atom is -0.423 e. The van der Waals surface area contributed by atoms with Crippen LogP contribution in [0, 0.1) is 0 Å². The van der Waals surface area contributed by atoms with Gasteiger partial charge in [0.05, 0.1) is 16.6 Å². The van der Waals surface area contributed by atoms with Crippen molar-refractivity contribution in [2.45, 2.75) is 18.3 Å². The van der Waals surface area contributed by atoms with E-state index in [9.17, 15) is 35.1 Å². The molecule has 0 atom stereocenters. The lowest BCUT2D eigenvalue weighted by Crippen LogP contribution is -2.34. The van der Waals surface area contributed by atoms with Crippen LogP contribution in [0.1, 0.15) is 11.3 Å². The Morgan fingerprint density at radius 3 is 2.28 bits per heavy atom. The van der Waals surface area contributed by atoms with Gasteiger partial charge in [0.25, 0.3) is 0 Å². The average Bonchev–Trinajstić information content (AvgIpc) is 3.27. The van der Waals surface area contributed by atoms with Crippen molar-refractivity contribution in [3.63, 3.8) is 0 Å². The van der Waals surface area contributed by atoms with Gasteiger partial charge in [-0.15, -0.1) is 10.2 Å². The molecular weight excluding hydrogens is 416 g/mol. The average molecular weight is 422 g/mol. The summed E-state index contributed by atoms with van der Waals surface area (Å²) in [6.07, 6.45) is -7.93. The number of halogens is 8. The Hall–Kier alpha value is -3.25. The first-order valence-corrected chi connectivity index (χ1v) is 7.64. The summed E-state index contributed by atoms with van der Waals surface area (Å²) in [6, 6.07) is 1.74. The fourth-order valence-electron chi connectivity index (χ4n) is 2.84. The summed E-state index contributed by atoms with van der Waals surface area (Å²) in [5.74, 6) is -5.57. The second-order valence-corrected chi connectivity index (χ2v) is 5.97. The van der Waals surface area contributed by atoms with Crippen molar-refractivity contribution in [2.75, 3.05) is 0 Å².